The van der Waals surface area contributed by atoms with Crippen LogP contribution in [-0.4, -0.2) is 50.4 Å². The molecule has 0 unspecified atom stereocenters. The van der Waals surface area contributed by atoms with Crippen molar-refractivity contribution in [3.63, 3.8) is 0 Å². The molecule has 1 aromatic rings. The summed E-state index contributed by atoms with van der Waals surface area (Å²) >= 11 is 0. The number of ether oxygens (including phenoxy) is 1. The first-order chi connectivity index (χ1) is 12.0. The van der Waals surface area contributed by atoms with Crippen LogP contribution >= 0.6 is 0 Å². The number of aromatic hydroxyl groups is 1. The fourth-order valence-corrected chi connectivity index (χ4v) is 3.37. The number of nitrogens with one attached hydrogen (secondary N) is 1. The number of aliphatic hydroxyl groups excluding tert-OH is 1. The number of hydrogen-bond donors (Lipinski definition) is 3. The minimum Gasteiger partial charge on any atom is -0.502 e. The van der Waals surface area contributed by atoms with E-state index >= 15 is 0 Å². The number of amides is 1. The quantitative estimate of drug-likeness (QED) is 0.753. The van der Waals surface area contributed by atoms with E-state index in [-0.39, 0.29) is 18.2 Å². The highest BCUT2D eigenvalue weighted by Crippen LogP contribution is 2.42. The number of aliphatic hydroxyl groups is 1. The number of H-pyrrole nitrogens is 1. The highest BCUT2D eigenvalue weighted by Gasteiger charge is 2.46. The van der Waals surface area contributed by atoms with E-state index in [4.69, 9.17) is 4.74 Å². The summed E-state index contributed by atoms with van der Waals surface area (Å²) in [5.41, 5.74) is -1.93. The third-order valence-corrected chi connectivity index (χ3v) is 5.01. The smallest absolute Gasteiger partial charge is 0.410 e. The standard InChI is InChI=1S/C18H29N3O5/c1-11-13(23)14(24)20-15(19-11)18(8-6-12(10-22)7-9-18)21(5)16(25)26-17(2,3)4/h12,22-23H,6-10H2,1-5H3,(H,19,20,24)/t12-,18-. The lowest BCUT2D eigenvalue weighted by Gasteiger charge is -2.45. The minimum absolute atomic E-state index is 0.0881. The van der Waals surface area contributed by atoms with E-state index < -0.39 is 28.5 Å². The van der Waals surface area contributed by atoms with Crippen molar-refractivity contribution >= 4 is 6.09 Å². The lowest BCUT2D eigenvalue weighted by Crippen LogP contribution is -2.52. The van der Waals surface area contributed by atoms with Gasteiger partial charge in [-0.3, -0.25) is 9.69 Å². The zero-order valence-corrected chi connectivity index (χ0v) is 16.1. The molecule has 0 aliphatic heterocycles. The number of carbonyl (C=O) groups excluding carboxylic acids is 1. The van der Waals surface area contributed by atoms with E-state index in [0.29, 0.717) is 31.5 Å². The first-order valence-corrected chi connectivity index (χ1v) is 8.88. The molecule has 2 rings (SSSR count). The van der Waals surface area contributed by atoms with Crippen LogP contribution in [0.25, 0.3) is 0 Å². The van der Waals surface area contributed by atoms with Gasteiger partial charge in [0.25, 0.3) is 5.56 Å². The summed E-state index contributed by atoms with van der Waals surface area (Å²) < 4.78 is 5.51. The molecule has 1 heterocycles. The number of aryl methyl sites for hydroxylation is 1. The van der Waals surface area contributed by atoms with Gasteiger partial charge in [0, 0.05) is 13.7 Å². The van der Waals surface area contributed by atoms with Crippen LogP contribution in [0.3, 0.4) is 0 Å². The fraction of sp³-hybridized carbons (Fsp3) is 0.722. The molecule has 1 aliphatic rings. The van der Waals surface area contributed by atoms with Gasteiger partial charge in [0.05, 0.1) is 5.69 Å². The zero-order chi connectivity index (χ0) is 19.7. The molecule has 0 bridgehead atoms. The lowest BCUT2D eigenvalue weighted by molar-refractivity contribution is -0.0152. The zero-order valence-electron chi connectivity index (χ0n) is 16.1. The number of carbonyl (C=O) groups is 1. The molecule has 0 saturated heterocycles. The molecule has 0 spiro atoms. The largest absolute Gasteiger partial charge is 0.502 e. The van der Waals surface area contributed by atoms with Crippen molar-refractivity contribution < 1.29 is 19.7 Å². The summed E-state index contributed by atoms with van der Waals surface area (Å²) in [4.78, 5) is 33.3. The Morgan fingerprint density at radius 2 is 1.96 bits per heavy atom. The van der Waals surface area contributed by atoms with Crippen molar-refractivity contribution in [2.75, 3.05) is 13.7 Å². The Labute approximate surface area is 153 Å². The van der Waals surface area contributed by atoms with Gasteiger partial charge in [0.1, 0.15) is 17.0 Å². The fourth-order valence-electron chi connectivity index (χ4n) is 3.37. The van der Waals surface area contributed by atoms with Gasteiger partial charge in [0.2, 0.25) is 5.75 Å². The van der Waals surface area contributed by atoms with E-state index in [1.165, 1.54) is 4.90 Å². The summed E-state index contributed by atoms with van der Waals surface area (Å²) in [6.07, 6.45) is 1.93. The van der Waals surface area contributed by atoms with Crippen LogP contribution in [0.4, 0.5) is 4.79 Å². The third-order valence-electron chi connectivity index (χ3n) is 5.01. The van der Waals surface area contributed by atoms with Crippen LogP contribution in [0.1, 0.15) is 58.0 Å². The molecular weight excluding hydrogens is 338 g/mol. The predicted molar refractivity (Wildman–Crippen MR) is 96.0 cm³/mol. The summed E-state index contributed by atoms with van der Waals surface area (Å²) in [6.45, 7) is 7.01. The Balaban J connectivity index is 2.47. The Bertz CT molecular complexity index is 715. The van der Waals surface area contributed by atoms with Gasteiger partial charge in [0.15, 0.2) is 0 Å². The molecule has 1 fully saturated rings. The molecule has 1 aliphatic carbocycles. The van der Waals surface area contributed by atoms with Crippen molar-refractivity contribution in [1.29, 1.82) is 0 Å². The van der Waals surface area contributed by atoms with Crippen molar-refractivity contribution in [2.24, 2.45) is 5.92 Å². The van der Waals surface area contributed by atoms with E-state index in [1.807, 2.05) is 0 Å². The second kappa shape index (κ2) is 7.26. The van der Waals surface area contributed by atoms with Crippen molar-refractivity contribution in [3.8, 4) is 5.75 Å². The maximum atomic E-state index is 12.7. The molecule has 0 atom stereocenters. The summed E-state index contributed by atoms with van der Waals surface area (Å²) in [5.74, 6) is 0.0653. The minimum atomic E-state index is -0.856. The molecule has 0 aromatic carbocycles. The molecule has 1 amide bonds. The van der Waals surface area contributed by atoms with E-state index in [2.05, 4.69) is 9.97 Å². The molecule has 3 N–H and O–H groups in total. The van der Waals surface area contributed by atoms with Crippen LogP contribution in [-0.2, 0) is 10.3 Å². The maximum Gasteiger partial charge on any atom is 0.410 e. The second-order valence-corrected chi connectivity index (χ2v) is 8.05. The predicted octanol–water partition coefficient (Wildman–Crippen LogP) is 2.03. The average Bonchev–Trinajstić information content (AvgIpc) is 2.57. The highest BCUT2D eigenvalue weighted by molar-refractivity contribution is 5.69. The third kappa shape index (κ3) is 4.00. The number of aromatic nitrogens is 2. The van der Waals surface area contributed by atoms with Crippen LogP contribution in [0.5, 0.6) is 5.75 Å². The van der Waals surface area contributed by atoms with Crippen molar-refractivity contribution in [2.45, 2.75) is 64.5 Å². The van der Waals surface area contributed by atoms with Gasteiger partial charge in [-0.15, -0.1) is 0 Å². The number of nitrogens with zero attached hydrogens (tertiary/aromatic N) is 2. The monoisotopic (exact) mass is 367 g/mol. The van der Waals surface area contributed by atoms with Crippen LogP contribution in [0.2, 0.25) is 0 Å². The van der Waals surface area contributed by atoms with Gasteiger partial charge in [-0.2, -0.15) is 0 Å². The van der Waals surface area contributed by atoms with Gasteiger partial charge in [-0.25, -0.2) is 9.78 Å². The number of hydrogen-bond acceptors (Lipinski definition) is 6. The summed E-state index contributed by atoms with van der Waals surface area (Å²) in [6, 6.07) is 0. The molecule has 8 nitrogen and oxygen atoms in total. The highest BCUT2D eigenvalue weighted by atomic mass is 16.6. The van der Waals surface area contributed by atoms with Crippen molar-refractivity contribution in [1.82, 2.24) is 14.9 Å². The molecule has 26 heavy (non-hydrogen) atoms. The van der Waals surface area contributed by atoms with Gasteiger partial charge in [-0.1, -0.05) is 0 Å². The lowest BCUT2D eigenvalue weighted by atomic mass is 9.75. The number of aromatic amines is 1. The van der Waals surface area contributed by atoms with Gasteiger partial charge in [-0.05, 0) is 59.3 Å². The van der Waals surface area contributed by atoms with Crippen LogP contribution in [0.15, 0.2) is 4.79 Å². The number of rotatable bonds is 3. The second-order valence-electron chi connectivity index (χ2n) is 8.05. The van der Waals surface area contributed by atoms with E-state index in [0.717, 1.165) is 0 Å². The maximum absolute atomic E-state index is 12.7. The Morgan fingerprint density at radius 3 is 2.42 bits per heavy atom. The van der Waals surface area contributed by atoms with Crippen LogP contribution < -0.4 is 5.56 Å². The normalized spacial score (nSPS) is 23.5. The summed E-state index contributed by atoms with van der Waals surface area (Å²) in [7, 11) is 1.63. The Kier molecular flexibility index (Phi) is 5.65. The first-order valence-electron chi connectivity index (χ1n) is 8.88. The molecule has 1 aromatic heterocycles. The van der Waals surface area contributed by atoms with Crippen LogP contribution in [0, 0.1) is 12.8 Å². The summed E-state index contributed by atoms with van der Waals surface area (Å²) in [5, 5.41) is 19.2. The van der Waals surface area contributed by atoms with E-state index in [9.17, 15) is 19.8 Å². The van der Waals surface area contributed by atoms with Crippen molar-refractivity contribution in [3.05, 3.63) is 21.9 Å². The Hall–Kier alpha value is -2.09. The molecule has 0 radical (unpaired) electrons. The first kappa shape index (κ1) is 20.2. The Morgan fingerprint density at radius 1 is 1.38 bits per heavy atom. The molecule has 1 saturated carbocycles. The topological polar surface area (TPSA) is 116 Å². The average molecular weight is 367 g/mol. The SMILES string of the molecule is Cc1nc([C@]2(N(C)C(=O)OC(C)(C)C)CC[C@H](CO)CC2)[nH]c(=O)c1O. The van der Waals surface area contributed by atoms with E-state index in [1.54, 1.807) is 34.7 Å². The molecule has 8 heteroatoms. The molecular formula is C18H29N3O5. The van der Waals surface area contributed by atoms with Gasteiger partial charge < -0.3 is 19.9 Å². The molecule has 146 valence electrons. The van der Waals surface area contributed by atoms with Gasteiger partial charge >= 0.3 is 6.09 Å².